The molecule has 0 fully saturated rings. The number of halogens is 1. The van der Waals surface area contributed by atoms with Gasteiger partial charge in [0.05, 0.1) is 16.0 Å². The number of aromatic nitrogens is 1. The molecule has 1 heterocycles. The van der Waals surface area contributed by atoms with E-state index in [1.807, 2.05) is 0 Å². The Hall–Kier alpha value is -2.02. The van der Waals surface area contributed by atoms with Crippen molar-refractivity contribution in [1.29, 1.82) is 0 Å². The predicted molar refractivity (Wildman–Crippen MR) is 107 cm³/mol. The van der Waals surface area contributed by atoms with Crippen molar-refractivity contribution in [3.8, 4) is 0 Å². The average Bonchev–Trinajstić information content (AvgIpc) is 2.62. The number of pyridine rings is 1. The molecule has 1 aromatic carbocycles. The van der Waals surface area contributed by atoms with Crippen LogP contribution in [0.3, 0.4) is 0 Å². The Bertz CT molecular complexity index is 963. The average molecular weight is 431 g/mol. The maximum absolute atomic E-state index is 12.7. The van der Waals surface area contributed by atoms with Gasteiger partial charge in [-0.3, -0.25) is 0 Å². The normalized spacial score (nSPS) is 13.0. The molecule has 154 valence electrons. The molecule has 12 heteroatoms. The van der Waals surface area contributed by atoms with Crippen LogP contribution in [0.5, 0.6) is 0 Å². The molecule has 0 saturated carbocycles. The summed E-state index contributed by atoms with van der Waals surface area (Å²) in [6.45, 7) is 0.424. The first-order valence-corrected chi connectivity index (χ1v) is 10.3. The number of fused-ring (bicyclic) bond motifs is 1. The molecule has 0 radical (unpaired) electrons. The zero-order valence-electron chi connectivity index (χ0n) is 14.9. The van der Waals surface area contributed by atoms with Gasteiger partial charge in [-0.15, -0.1) is 0 Å². The number of aliphatic imine (C=N–C) groups is 1. The van der Waals surface area contributed by atoms with E-state index in [0.717, 1.165) is 0 Å². The number of sulfonamides is 1. The Kier molecular flexibility index (Phi) is 7.52. The summed E-state index contributed by atoms with van der Waals surface area (Å²) in [4.78, 5) is 7.78. The fourth-order valence-corrected chi connectivity index (χ4v) is 4.10. The van der Waals surface area contributed by atoms with Crippen LogP contribution in [0.2, 0.25) is 5.02 Å². The summed E-state index contributed by atoms with van der Waals surface area (Å²) in [5, 5.41) is 20.1. The topological polar surface area (TPSA) is 190 Å². The van der Waals surface area contributed by atoms with E-state index in [0.29, 0.717) is 35.2 Å². The standard InChI is InChI=1S/C16H23ClN6O4S/c17-12-8-21-14(22-16(19)20)11-7-9(4-5-10(11)12)28(26,27)23-13(15(24)25)3-1-2-6-18/h4-5,7-8,13,15,23-25H,1-3,6,18H2,(H4,19,20,21,22)/t13-/m0/s1. The molecule has 28 heavy (non-hydrogen) atoms. The molecule has 0 aliphatic rings. The maximum Gasteiger partial charge on any atom is 0.241 e. The van der Waals surface area contributed by atoms with Crippen molar-refractivity contribution in [1.82, 2.24) is 9.71 Å². The lowest BCUT2D eigenvalue weighted by atomic mass is 10.1. The highest BCUT2D eigenvalue weighted by atomic mass is 35.5. The molecule has 0 aliphatic heterocycles. The molecular weight excluding hydrogens is 408 g/mol. The number of nitrogens with zero attached hydrogens (tertiary/aromatic N) is 2. The summed E-state index contributed by atoms with van der Waals surface area (Å²) < 4.78 is 27.8. The first-order valence-electron chi connectivity index (χ1n) is 8.42. The number of aliphatic hydroxyl groups excluding tert-OH is 1. The van der Waals surface area contributed by atoms with Crippen molar-refractivity contribution in [2.24, 2.45) is 22.2 Å². The van der Waals surface area contributed by atoms with E-state index in [1.54, 1.807) is 0 Å². The molecule has 10 nitrogen and oxygen atoms in total. The Labute approximate surface area is 167 Å². The number of rotatable bonds is 9. The molecule has 1 atom stereocenters. The van der Waals surface area contributed by atoms with Crippen LogP contribution in [-0.2, 0) is 10.0 Å². The van der Waals surface area contributed by atoms with Gasteiger partial charge >= 0.3 is 0 Å². The Morgan fingerprint density at radius 3 is 2.57 bits per heavy atom. The van der Waals surface area contributed by atoms with Crippen LogP contribution in [0.25, 0.3) is 10.8 Å². The van der Waals surface area contributed by atoms with Crippen LogP contribution >= 0.6 is 11.6 Å². The number of nitrogens with two attached hydrogens (primary N) is 3. The lowest BCUT2D eigenvalue weighted by Gasteiger charge is -2.20. The third-order valence-corrected chi connectivity index (χ3v) is 5.76. The van der Waals surface area contributed by atoms with Gasteiger partial charge in [0.2, 0.25) is 10.0 Å². The smallest absolute Gasteiger partial charge is 0.241 e. The number of nitrogens with one attached hydrogen (secondary N) is 1. The molecule has 2 aromatic rings. The first kappa shape index (κ1) is 22.3. The van der Waals surface area contributed by atoms with Crippen molar-refractivity contribution in [3.05, 3.63) is 29.4 Å². The van der Waals surface area contributed by atoms with Gasteiger partial charge in [-0.2, -0.15) is 4.99 Å². The number of hydrogen-bond acceptors (Lipinski definition) is 7. The van der Waals surface area contributed by atoms with E-state index in [1.165, 1.54) is 24.4 Å². The number of benzene rings is 1. The maximum atomic E-state index is 12.7. The SMILES string of the molecule is NCCCC[C@H](NS(=O)(=O)c1ccc2c(Cl)cnc(N=C(N)N)c2c1)C(O)O. The van der Waals surface area contributed by atoms with E-state index in [9.17, 15) is 18.6 Å². The van der Waals surface area contributed by atoms with Crippen LogP contribution in [0.1, 0.15) is 19.3 Å². The van der Waals surface area contributed by atoms with Crippen LogP contribution in [0.4, 0.5) is 5.82 Å². The molecule has 0 spiro atoms. The minimum atomic E-state index is -4.07. The molecule has 0 saturated heterocycles. The number of aliphatic hydroxyl groups is 2. The van der Waals surface area contributed by atoms with Gasteiger partial charge in [0.15, 0.2) is 18.1 Å². The second-order valence-electron chi connectivity index (χ2n) is 6.10. The van der Waals surface area contributed by atoms with Gasteiger partial charge in [0.25, 0.3) is 0 Å². The van der Waals surface area contributed by atoms with Crippen molar-refractivity contribution in [2.45, 2.75) is 36.5 Å². The summed E-state index contributed by atoms with van der Waals surface area (Å²) in [5.41, 5.74) is 16.2. The van der Waals surface area contributed by atoms with Crippen LogP contribution in [-0.4, -0.2) is 48.5 Å². The van der Waals surface area contributed by atoms with Crippen molar-refractivity contribution in [3.63, 3.8) is 0 Å². The fourth-order valence-electron chi connectivity index (χ4n) is 2.60. The van der Waals surface area contributed by atoms with Gasteiger partial charge in [0.1, 0.15) is 0 Å². The highest BCUT2D eigenvalue weighted by molar-refractivity contribution is 7.89. The van der Waals surface area contributed by atoms with E-state index >= 15 is 0 Å². The van der Waals surface area contributed by atoms with Crippen LogP contribution in [0, 0.1) is 0 Å². The van der Waals surface area contributed by atoms with E-state index in [2.05, 4.69) is 14.7 Å². The molecular formula is C16H23ClN6O4S. The van der Waals surface area contributed by atoms with Gasteiger partial charge < -0.3 is 27.4 Å². The molecule has 1 aromatic heterocycles. The third kappa shape index (κ3) is 5.50. The summed E-state index contributed by atoms with van der Waals surface area (Å²) in [6.07, 6.45) is 0.878. The van der Waals surface area contributed by atoms with E-state index < -0.39 is 22.4 Å². The molecule has 0 bridgehead atoms. The summed E-state index contributed by atoms with van der Waals surface area (Å²) >= 11 is 6.11. The predicted octanol–water partition coefficient (Wildman–Crippen LogP) is -0.120. The first-order chi connectivity index (χ1) is 13.2. The summed E-state index contributed by atoms with van der Waals surface area (Å²) in [7, 11) is -4.07. The van der Waals surface area contributed by atoms with Crippen molar-refractivity contribution < 1.29 is 18.6 Å². The van der Waals surface area contributed by atoms with Crippen molar-refractivity contribution in [2.75, 3.05) is 6.54 Å². The van der Waals surface area contributed by atoms with Crippen molar-refractivity contribution >= 4 is 44.2 Å². The fraction of sp³-hybridized carbons (Fsp3) is 0.375. The van der Waals surface area contributed by atoms with E-state index in [-0.39, 0.29) is 23.1 Å². The molecule has 9 N–H and O–H groups in total. The Morgan fingerprint density at radius 1 is 1.25 bits per heavy atom. The monoisotopic (exact) mass is 430 g/mol. The number of hydrogen-bond donors (Lipinski definition) is 6. The minimum absolute atomic E-state index is 0.109. The molecule has 0 amide bonds. The summed E-state index contributed by atoms with van der Waals surface area (Å²) in [6, 6.07) is 3.08. The largest absolute Gasteiger partial charge is 0.370 e. The third-order valence-electron chi connectivity index (χ3n) is 3.97. The van der Waals surface area contributed by atoms with Gasteiger partial charge in [-0.1, -0.05) is 24.1 Å². The van der Waals surface area contributed by atoms with Crippen LogP contribution in [0.15, 0.2) is 34.3 Å². The van der Waals surface area contributed by atoms with Gasteiger partial charge in [0, 0.05) is 17.0 Å². The summed E-state index contributed by atoms with van der Waals surface area (Å²) in [5.74, 6) is -0.135. The minimum Gasteiger partial charge on any atom is -0.370 e. The van der Waals surface area contributed by atoms with Gasteiger partial charge in [-0.05, 0) is 31.5 Å². The molecule has 0 unspecified atom stereocenters. The number of guanidine groups is 1. The Balaban J connectivity index is 2.43. The second-order valence-corrected chi connectivity index (χ2v) is 8.22. The number of unbranched alkanes of at least 4 members (excludes halogenated alkanes) is 1. The van der Waals surface area contributed by atoms with E-state index in [4.69, 9.17) is 28.8 Å². The second kappa shape index (κ2) is 9.45. The Morgan fingerprint density at radius 2 is 1.96 bits per heavy atom. The highest BCUT2D eigenvalue weighted by Crippen LogP contribution is 2.31. The zero-order valence-corrected chi connectivity index (χ0v) is 16.5. The van der Waals surface area contributed by atoms with Gasteiger partial charge in [-0.25, -0.2) is 18.1 Å². The quantitative estimate of drug-likeness (QED) is 0.137. The highest BCUT2D eigenvalue weighted by Gasteiger charge is 2.25. The molecule has 2 rings (SSSR count). The zero-order chi connectivity index (χ0) is 20.9. The lowest BCUT2D eigenvalue weighted by Crippen LogP contribution is -2.43. The van der Waals surface area contributed by atoms with Crippen LogP contribution < -0.4 is 21.9 Å². The lowest BCUT2D eigenvalue weighted by molar-refractivity contribution is -0.0639. The molecule has 0 aliphatic carbocycles.